The third-order valence-electron chi connectivity index (χ3n) is 2.41. The van der Waals surface area contributed by atoms with Crippen LogP contribution in [0.3, 0.4) is 0 Å². The van der Waals surface area contributed by atoms with E-state index in [0.29, 0.717) is 22.4 Å². The molecule has 0 spiro atoms. The number of methoxy groups -OCH3 is 1. The molecule has 0 aliphatic carbocycles. The van der Waals surface area contributed by atoms with Gasteiger partial charge < -0.3 is 15.4 Å². The van der Waals surface area contributed by atoms with Gasteiger partial charge in [-0.15, -0.1) is 0 Å². The van der Waals surface area contributed by atoms with Crippen molar-refractivity contribution in [3.8, 4) is 5.75 Å². The molecule has 100 valence electrons. The molecule has 0 radical (unpaired) electrons. The molecule has 5 nitrogen and oxygen atoms in total. The molecule has 3 N–H and O–H groups in total. The van der Waals surface area contributed by atoms with E-state index in [0.717, 1.165) is 11.4 Å². The maximum atomic E-state index is 5.94. The van der Waals surface area contributed by atoms with Crippen LogP contribution >= 0.6 is 23.8 Å². The highest BCUT2D eigenvalue weighted by Gasteiger charge is 2.05. The number of aromatic amines is 1. The predicted octanol–water partition coefficient (Wildman–Crippen LogP) is 2.56. The molecule has 0 amide bonds. The first kappa shape index (κ1) is 13.6. The van der Waals surface area contributed by atoms with Crippen LogP contribution in [0.4, 0.5) is 5.69 Å². The van der Waals surface area contributed by atoms with Gasteiger partial charge in [0, 0.05) is 11.2 Å². The van der Waals surface area contributed by atoms with Crippen LogP contribution in [0, 0.1) is 0 Å². The first-order valence-electron chi connectivity index (χ1n) is 5.55. The Morgan fingerprint density at radius 3 is 3.00 bits per heavy atom. The van der Waals surface area contributed by atoms with Gasteiger partial charge in [-0.05, 0) is 36.5 Å². The zero-order chi connectivity index (χ0) is 13.7. The van der Waals surface area contributed by atoms with E-state index < -0.39 is 0 Å². The van der Waals surface area contributed by atoms with Crippen LogP contribution in [0.25, 0.3) is 0 Å². The quantitative estimate of drug-likeness (QED) is 0.757. The minimum absolute atomic E-state index is 0.482. The molecular weight excluding hydrogens is 284 g/mol. The molecule has 0 bridgehead atoms. The Morgan fingerprint density at radius 2 is 2.32 bits per heavy atom. The van der Waals surface area contributed by atoms with Crippen molar-refractivity contribution in [2.45, 2.75) is 6.54 Å². The van der Waals surface area contributed by atoms with Crippen molar-refractivity contribution >= 4 is 34.6 Å². The van der Waals surface area contributed by atoms with Crippen molar-refractivity contribution < 1.29 is 4.74 Å². The third-order valence-corrected chi connectivity index (χ3v) is 2.89. The van der Waals surface area contributed by atoms with Crippen molar-refractivity contribution in [1.82, 2.24) is 15.5 Å². The first-order valence-corrected chi connectivity index (χ1v) is 6.34. The maximum Gasteiger partial charge on any atom is 0.171 e. The van der Waals surface area contributed by atoms with E-state index in [4.69, 9.17) is 28.6 Å². The van der Waals surface area contributed by atoms with Crippen LogP contribution in [0.5, 0.6) is 5.75 Å². The first-order chi connectivity index (χ1) is 9.19. The number of ether oxygens (including phenoxy) is 1. The van der Waals surface area contributed by atoms with Gasteiger partial charge in [-0.2, -0.15) is 5.10 Å². The highest BCUT2D eigenvalue weighted by Crippen LogP contribution is 2.27. The van der Waals surface area contributed by atoms with Crippen LogP contribution in [0.2, 0.25) is 5.02 Å². The lowest BCUT2D eigenvalue weighted by Crippen LogP contribution is -2.28. The van der Waals surface area contributed by atoms with E-state index >= 15 is 0 Å². The van der Waals surface area contributed by atoms with Crippen molar-refractivity contribution in [2.75, 3.05) is 12.4 Å². The number of nitrogens with one attached hydrogen (secondary N) is 3. The van der Waals surface area contributed by atoms with Gasteiger partial charge in [0.05, 0.1) is 25.0 Å². The summed E-state index contributed by atoms with van der Waals surface area (Å²) >= 11 is 11.1. The second-order valence-corrected chi connectivity index (χ2v) is 4.58. The van der Waals surface area contributed by atoms with Crippen molar-refractivity contribution in [3.63, 3.8) is 0 Å². The molecule has 19 heavy (non-hydrogen) atoms. The molecule has 1 aromatic carbocycles. The molecule has 0 atom stereocenters. The van der Waals surface area contributed by atoms with Gasteiger partial charge in [0.2, 0.25) is 0 Å². The summed E-state index contributed by atoms with van der Waals surface area (Å²) in [5, 5.41) is 13.9. The van der Waals surface area contributed by atoms with E-state index in [2.05, 4.69) is 20.8 Å². The summed E-state index contributed by atoms with van der Waals surface area (Å²) in [5.41, 5.74) is 1.67. The topological polar surface area (TPSA) is 62.0 Å². The Kier molecular flexibility index (Phi) is 4.59. The van der Waals surface area contributed by atoms with Gasteiger partial charge in [-0.25, -0.2) is 0 Å². The summed E-state index contributed by atoms with van der Waals surface area (Å²) in [4.78, 5) is 0. The van der Waals surface area contributed by atoms with Crippen LogP contribution in [0.1, 0.15) is 5.69 Å². The van der Waals surface area contributed by atoms with Gasteiger partial charge >= 0.3 is 0 Å². The number of rotatable bonds is 4. The highest BCUT2D eigenvalue weighted by molar-refractivity contribution is 7.80. The van der Waals surface area contributed by atoms with Crippen LogP contribution < -0.4 is 15.4 Å². The van der Waals surface area contributed by atoms with Gasteiger partial charge in [0.15, 0.2) is 5.11 Å². The molecule has 0 saturated carbocycles. The number of H-pyrrole nitrogens is 1. The molecule has 0 aliphatic rings. The lowest BCUT2D eigenvalue weighted by atomic mass is 10.3. The second kappa shape index (κ2) is 6.40. The summed E-state index contributed by atoms with van der Waals surface area (Å²) in [6.07, 6.45) is 1.69. The average molecular weight is 297 g/mol. The van der Waals surface area contributed by atoms with Gasteiger partial charge in [0.25, 0.3) is 0 Å². The van der Waals surface area contributed by atoms with Crippen molar-refractivity contribution in [1.29, 1.82) is 0 Å². The Labute approximate surface area is 121 Å². The van der Waals surface area contributed by atoms with E-state index in [-0.39, 0.29) is 0 Å². The normalized spacial score (nSPS) is 10.0. The zero-order valence-electron chi connectivity index (χ0n) is 10.2. The Hall–Kier alpha value is -1.79. The summed E-state index contributed by atoms with van der Waals surface area (Å²) in [5.74, 6) is 0.676. The lowest BCUT2D eigenvalue weighted by molar-refractivity contribution is 0.417. The monoisotopic (exact) mass is 296 g/mol. The van der Waals surface area contributed by atoms with E-state index in [1.165, 1.54) is 0 Å². The number of halogens is 1. The fourth-order valence-corrected chi connectivity index (χ4v) is 1.86. The Bertz CT molecular complexity index is 559. The fourth-order valence-electron chi connectivity index (χ4n) is 1.50. The molecular formula is C12H13ClN4OS. The van der Waals surface area contributed by atoms with Crippen LogP contribution in [0.15, 0.2) is 30.5 Å². The second-order valence-electron chi connectivity index (χ2n) is 3.73. The maximum absolute atomic E-state index is 5.94. The smallest absolute Gasteiger partial charge is 0.171 e. The summed E-state index contributed by atoms with van der Waals surface area (Å²) < 4.78 is 5.23. The number of aromatic nitrogens is 2. The largest absolute Gasteiger partial charge is 0.495 e. The van der Waals surface area contributed by atoms with E-state index in [1.54, 1.807) is 31.5 Å². The minimum atomic E-state index is 0.482. The van der Waals surface area contributed by atoms with E-state index in [9.17, 15) is 0 Å². The zero-order valence-corrected chi connectivity index (χ0v) is 11.8. The Morgan fingerprint density at radius 1 is 1.47 bits per heavy atom. The van der Waals surface area contributed by atoms with Crippen molar-refractivity contribution in [2.24, 2.45) is 0 Å². The molecule has 2 aromatic rings. The van der Waals surface area contributed by atoms with Crippen LogP contribution in [-0.2, 0) is 6.54 Å². The molecule has 0 aliphatic heterocycles. The minimum Gasteiger partial charge on any atom is -0.495 e. The molecule has 1 aromatic heterocycles. The molecule has 0 unspecified atom stereocenters. The fraction of sp³-hybridized carbons (Fsp3) is 0.167. The number of anilines is 1. The number of hydrogen-bond donors (Lipinski definition) is 3. The molecule has 7 heteroatoms. The van der Waals surface area contributed by atoms with Gasteiger partial charge in [-0.3, -0.25) is 5.10 Å². The lowest BCUT2D eigenvalue weighted by Gasteiger charge is -2.13. The predicted molar refractivity (Wildman–Crippen MR) is 79.7 cm³/mol. The highest BCUT2D eigenvalue weighted by atomic mass is 35.5. The molecule has 1 heterocycles. The van der Waals surface area contributed by atoms with Gasteiger partial charge in [0.1, 0.15) is 5.75 Å². The van der Waals surface area contributed by atoms with Crippen LogP contribution in [-0.4, -0.2) is 22.4 Å². The van der Waals surface area contributed by atoms with Crippen molar-refractivity contribution in [3.05, 3.63) is 41.2 Å². The number of nitrogens with zero attached hydrogens (tertiary/aromatic N) is 1. The number of hydrogen-bond acceptors (Lipinski definition) is 3. The van der Waals surface area contributed by atoms with Gasteiger partial charge in [-0.1, -0.05) is 11.6 Å². The number of thiocarbonyl (C=S) groups is 1. The molecule has 2 rings (SSSR count). The number of benzene rings is 1. The third kappa shape index (κ3) is 3.84. The van der Waals surface area contributed by atoms with E-state index in [1.807, 2.05) is 6.07 Å². The summed E-state index contributed by atoms with van der Waals surface area (Å²) in [6, 6.07) is 7.16. The average Bonchev–Trinajstić information content (AvgIpc) is 2.90. The Balaban J connectivity index is 1.96. The molecule has 0 fully saturated rings. The summed E-state index contributed by atoms with van der Waals surface area (Å²) in [6.45, 7) is 0.564. The standard InChI is InChI=1S/C12H13ClN4OS/c1-18-11-3-2-8(13)6-10(11)16-12(19)14-7-9-4-5-15-17-9/h2-6H,7H2,1H3,(H,15,17)(H2,14,16,19). The SMILES string of the molecule is COc1ccc(Cl)cc1NC(=S)NCc1ccn[nH]1. The summed E-state index contributed by atoms with van der Waals surface area (Å²) in [7, 11) is 1.59. The molecule has 0 saturated heterocycles.